The Bertz CT molecular complexity index is 1120. The summed E-state index contributed by atoms with van der Waals surface area (Å²) in [5, 5.41) is 6.70. The van der Waals surface area contributed by atoms with E-state index < -0.39 is 15.8 Å². The number of nitrogens with one attached hydrogen (secondary N) is 1. The minimum absolute atomic E-state index is 0.117. The highest BCUT2D eigenvalue weighted by Crippen LogP contribution is 2.47. The summed E-state index contributed by atoms with van der Waals surface area (Å²) in [6.07, 6.45) is 4.81. The number of carbonyl (C=O) groups excluding carboxylic acids is 1. The molecule has 1 N–H and O–H groups in total. The van der Waals surface area contributed by atoms with Gasteiger partial charge in [0.05, 0.1) is 0 Å². The van der Waals surface area contributed by atoms with Crippen LogP contribution in [0.3, 0.4) is 0 Å². The number of aryl methyl sites for hydroxylation is 2. The molecule has 0 radical (unpaired) electrons. The highest BCUT2D eigenvalue weighted by molar-refractivity contribution is 7.89. The van der Waals surface area contributed by atoms with Crippen LogP contribution in [-0.4, -0.2) is 42.7 Å². The van der Waals surface area contributed by atoms with Crippen molar-refractivity contribution < 1.29 is 27.2 Å². The van der Waals surface area contributed by atoms with Gasteiger partial charge in [0.25, 0.3) is 5.79 Å². The molecule has 10 heteroatoms. The van der Waals surface area contributed by atoms with E-state index in [4.69, 9.17) is 14.0 Å². The maximum Gasteiger partial charge on any atom is 0.251 e. The van der Waals surface area contributed by atoms with Crippen LogP contribution in [0.4, 0.5) is 5.69 Å². The van der Waals surface area contributed by atoms with Gasteiger partial charge >= 0.3 is 0 Å². The quantitative estimate of drug-likeness (QED) is 0.743. The summed E-state index contributed by atoms with van der Waals surface area (Å²) >= 11 is 0. The molecule has 1 aromatic carbocycles. The number of amides is 1. The molecule has 1 aromatic heterocycles. The van der Waals surface area contributed by atoms with Gasteiger partial charge < -0.3 is 19.3 Å². The SMILES string of the molecule is Cc1noc(C)c1S(=O)(=O)N1CCC(C(=O)Nc2ccc3c(c2)OC2(CCCC2)O3)CC1. The summed E-state index contributed by atoms with van der Waals surface area (Å²) in [4.78, 5) is 13.0. The van der Waals surface area contributed by atoms with Crippen molar-refractivity contribution in [2.75, 3.05) is 18.4 Å². The highest BCUT2D eigenvalue weighted by Gasteiger charge is 2.44. The third-order valence-electron chi connectivity index (χ3n) is 6.56. The average molecular weight is 462 g/mol. The van der Waals surface area contributed by atoms with Crippen LogP contribution in [0.5, 0.6) is 11.5 Å². The second kappa shape index (κ2) is 7.77. The number of benzene rings is 1. The molecule has 1 saturated carbocycles. The zero-order chi connectivity index (χ0) is 22.5. The largest absolute Gasteiger partial charge is 0.448 e. The molecule has 2 aliphatic heterocycles. The Hall–Kier alpha value is -2.59. The Morgan fingerprint density at radius 2 is 1.81 bits per heavy atom. The minimum Gasteiger partial charge on any atom is -0.448 e. The van der Waals surface area contributed by atoms with E-state index >= 15 is 0 Å². The molecule has 1 amide bonds. The summed E-state index contributed by atoms with van der Waals surface area (Å²) in [6, 6.07) is 5.44. The Kier molecular flexibility index (Phi) is 5.16. The molecule has 0 atom stereocenters. The second-order valence-electron chi connectivity index (χ2n) is 8.80. The fraction of sp³-hybridized carbons (Fsp3) is 0.545. The first-order valence-corrected chi connectivity index (χ1v) is 12.5. The molecular weight excluding hydrogens is 434 g/mol. The standard InChI is InChI=1S/C22H27N3O6S/c1-14-20(15(2)31-24-14)32(27,28)25-11-7-16(8-12-25)21(26)23-17-5-6-18-19(13-17)30-22(29-18)9-3-4-10-22/h5-6,13,16H,3-4,7-12H2,1-2H3,(H,23,26). The molecule has 0 unspecified atom stereocenters. The first-order valence-electron chi connectivity index (χ1n) is 11.0. The van der Waals surface area contributed by atoms with Crippen molar-refractivity contribution in [3.05, 3.63) is 29.7 Å². The monoisotopic (exact) mass is 461 g/mol. The number of rotatable bonds is 4. The van der Waals surface area contributed by atoms with Crippen LogP contribution in [0, 0.1) is 19.8 Å². The van der Waals surface area contributed by atoms with Crippen LogP contribution in [0.1, 0.15) is 50.0 Å². The molecule has 172 valence electrons. The van der Waals surface area contributed by atoms with Crippen molar-refractivity contribution in [3.63, 3.8) is 0 Å². The molecule has 1 saturated heterocycles. The lowest BCUT2D eigenvalue weighted by Gasteiger charge is -2.30. The van der Waals surface area contributed by atoms with Crippen molar-refractivity contribution in [1.82, 2.24) is 9.46 Å². The average Bonchev–Trinajstić information content (AvgIpc) is 3.46. The van der Waals surface area contributed by atoms with E-state index in [1.54, 1.807) is 19.9 Å². The number of anilines is 1. The zero-order valence-corrected chi connectivity index (χ0v) is 19.0. The first-order chi connectivity index (χ1) is 15.3. The Balaban J connectivity index is 1.21. The van der Waals surface area contributed by atoms with E-state index in [0.29, 0.717) is 35.7 Å². The van der Waals surface area contributed by atoms with Crippen LogP contribution in [0.15, 0.2) is 27.6 Å². The summed E-state index contributed by atoms with van der Waals surface area (Å²) in [5.74, 6) is 0.730. The third-order valence-corrected chi connectivity index (χ3v) is 8.70. The lowest BCUT2D eigenvalue weighted by atomic mass is 9.97. The van der Waals surface area contributed by atoms with E-state index in [9.17, 15) is 13.2 Å². The highest BCUT2D eigenvalue weighted by atomic mass is 32.2. The molecular formula is C22H27N3O6S. The number of sulfonamides is 1. The van der Waals surface area contributed by atoms with E-state index in [1.807, 2.05) is 12.1 Å². The normalized spacial score (nSPS) is 20.7. The summed E-state index contributed by atoms with van der Waals surface area (Å²) < 4.78 is 44.5. The number of aromatic nitrogens is 1. The number of fused-ring (bicyclic) bond motifs is 1. The third kappa shape index (κ3) is 3.65. The van der Waals surface area contributed by atoms with Crippen LogP contribution in [0.2, 0.25) is 0 Å². The van der Waals surface area contributed by atoms with E-state index in [-0.39, 0.29) is 35.6 Å². The summed E-state index contributed by atoms with van der Waals surface area (Å²) in [6.45, 7) is 3.75. The van der Waals surface area contributed by atoms with Gasteiger partial charge in [0, 0.05) is 43.6 Å². The van der Waals surface area contributed by atoms with Crippen LogP contribution in [-0.2, 0) is 14.8 Å². The molecule has 32 heavy (non-hydrogen) atoms. The van der Waals surface area contributed by atoms with Gasteiger partial charge in [0.1, 0.15) is 10.6 Å². The smallest absolute Gasteiger partial charge is 0.251 e. The van der Waals surface area contributed by atoms with Gasteiger partial charge in [0.2, 0.25) is 15.9 Å². The number of hydrogen-bond acceptors (Lipinski definition) is 7. The molecule has 9 nitrogen and oxygen atoms in total. The van der Waals surface area contributed by atoms with E-state index in [1.165, 1.54) is 4.31 Å². The maximum atomic E-state index is 13.0. The minimum atomic E-state index is -3.69. The number of hydrogen-bond donors (Lipinski definition) is 1. The molecule has 5 rings (SSSR count). The number of piperidine rings is 1. The van der Waals surface area contributed by atoms with Crippen LogP contribution >= 0.6 is 0 Å². The number of nitrogens with zero attached hydrogens (tertiary/aromatic N) is 2. The Morgan fingerprint density at radius 1 is 1.12 bits per heavy atom. The molecule has 1 aliphatic carbocycles. The topological polar surface area (TPSA) is 111 Å². The van der Waals surface area contributed by atoms with E-state index in [2.05, 4.69) is 10.5 Å². The zero-order valence-electron chi connectivity index (χ0n) is 18.2. The fourth-order valence-electron chi connectivity index (χ4n) is 4.86. The lowest BCUT2D eigenvalue weighted by Crippen LogP contribution is -2.41. The van der Waals surface area contributed by atoms with Gasteiger partial charge in [-0.3, -0.25) is 4.79 Å². The molecule has 2 fully saturated rings. The summed E-state index contributed by atoms with van der Waals surface area (Å²) in [5.41, 5.74) is 1.00. The predicted molar refractivity (Wildman–Crippen MR) is 115 cm³/mol. The van der Waals surface area contributed by atoms with Crippen molar-refractivity contribution in [2.45, 2.75) is 63.1 Å². The Labute approximate surface area is 187 Å². The van der Waals surface area contributed by atoms with Gasteiger partial charge in [0.15, 0.2) is 17.3 Å². The van der Waals surface area contributed by atoms with Crippen molar-refractivity contribution in [3.8, 4) is 11.5 Å². The van der Waals surface area contributed by atoms with E-state index in [0.717, 1.165) is 25.7 Å². The second-order valence-corrected chi connectivity index (χ2v) is 10.7. The van der Waals surface area contributed by atoms with Gasteiger partial charge in [-0.15, -0.1) is 0 Å². The van der Waals surface area contributed by atoms with Crippen molar-refractivity contribution >= 4 is 21.6 Å². The van der Waals surface area contributed by atoms with Gasteiger partial charge in [-0.05, 0) is 51.7 Å². The maximum absolute atomic E-state index is 13.0. The predicted octanol–water partition coefficient (Wildman–Crippen LogP) is 3.37. The van der Waals surface area contributed by atoms with Crippen LogP contribution < -0.4 is 14.8 Å². The Morgan fingerprint density at radius 3 is 2.47 bits per heavy atom. The number of ether oxygens (including phenoxy) is 2. The summed E-state index contributed by atoms with van der Waals surface area (Å²) in [7, 11) is -3.69. The number of carbonyl (C=O) groups is 1. The molecule has 1 spiro atoms. The van der Waals surface area contributed by atoms with Gasteiger partial charge in [-0.2, -0.15) is 4.31 Å². The first kappa shape index (κ1) is 21.3. The fourth-order valence-corrected chi connectivity index (χ4v) is 6.62. The molecule has 0 bridgehead atoms. The molecule has 2 aromatic rings. The lowest BCUT2D eigenvalue weighted by molar-refractivity contribution is -0.120. The van der Waals surface area contributed by atoms with Crippen LogP contribution in [0.25, 0.3) is 0 Å². The van der Waals surface area contributed by atoms with Crippen molar-refractivity contribution in [1.29, 1.82) is 0 Å². The van der Waals surface area contributed by atoms with Gasteiger partial charge in [-0.25, -0.2) is 8.42 Å². The van der Waals surface area contributed by atoms with Gasteiger partial charge in [-0.1, -0.05) is 5.16 Å². The molecule has 3 aliphatic rings. The molecule has 3 heterocycles. The van der Waals surface area contributed by atoms with Crippen molar-refractivity contribution in [2.24, 2.45) is 5.92 Å².